The molecule has 1 saturated heterocycles. The minimum atomic E-state index is -0.343. The summed E-state index contributed by atoms with van der Waals surface area (Å²) in [5.74, 6) is -0.194. The van der Waals surface area contributed by atoms with Crippen LogP contribution in [0.15, 0.2) is 45.8 Å². The van der Waals surface area contributed by atoms with Crippen LogP contribution in [0.4, 0.5) is 0 Å². The molecule has 1 aromatic heterocycles. The van der Waals surface area contributed by atoms with Gasteiger partial charge in [0.05, 0.1) is 17.7 Å². The molecule has 8 heteroatoms. The second-order valence-corrected chi connectivity index (χ2v) is 6.70. The van der Waals surface area contributed by atoms with E-state index in [2.05, 4.69) is 21.4 Å². The Bertz CT molecular complexity index is 868. The number of carbonyl (C=O) groups excluding carboxylic acids is 1. The van der Waals surface area contributed by atoms with Crippen molar-refractivity contribution in [2.45, 2.75) is 12.8 Å². The number of carbonyl (C=O) groups is 1. The topological polar surface area (TPSA) is 72.8 Å². The first-order chi connectivity index (χ1) is 12.1. The van der Waals surface area contributed by atoms with Gasteiger partial charge in [0.25, 0.3) is 5.91 Å². The lowest BCUT2D eigenvalue weighted by atomic mass is 10.2. The predicted molar refractivity (Wildman–Crippen MR) is 94.2 cm³/mol. The molecule has 0 spiro atoms. The molecule has 2 aromatic rings. The number of fused-ring (bicyclic) bond motifs is 2. The molecule has 1 atom stereocenters. The third kappa shape index (κ3) is 2.91. The van der Waals surface area contributed by atoms with Crippen LogP contribution in [0.1, 0.15) is 16.1 Å². The fraction of sp³-hybridized carbons (Fsp3) is 0.294. The van der Waals surface area contributed by atoms with Crippen molar-refractivity contribution < 1.29 is 14.3 Å². The van der Waals surface area contributed by atoms with Crippen LogP contribution in [0, 0.1) is 0 Å². The molecule has 4 rings (SSSR count). The normalized spacial score (nSPS) is 19.0. The van der Waals surface area contributed by atoms with Crippen molar-refractivity contribution in [1.82, 2.24) is 9.58 Å². The number of hydrogen-bond donors (Lipinski definition) is 1. The van der Waals surface area contributed by atoms with E-state index in [1.54, 1.807) is 15.8 Å². The van der Waals surface area contributed by atoms with Crippen molar-refractivity contribution in [2.75, 3.05) is 25.2 Å². The lowest BCUT2D eigenvalue weighted by molar-refractivity contribution is -0.00329. The molecule has 3 heterocycles. The number of amides is 1. The molecule has 0 bridgehead atoms. The third-order valence-corrected chi connectivity index (χ3v) is 4.79. The zero-order valence-corrected chi connectivity index (χ0v) is 14.9. The molecule has 25 heavy (non-hydrogen) atoms. The molecule has 1 amide bonds. The first-order valence-electron chi connectivity index (χ1n) is 7.92. The number of benzene rings is 1. The molecule has 130 valence electrons. The summed E-state index contributed by atoms with van der Waals surface area (Å²) in [6, 6.07) is 9.51. The van der Waals surface area contributed by atoms with Crippen LogP contribution in [-0.4, -0.2) is 41.4 Å². The van der Waals surface area contributed by atoms with E-state index in [0.29, 0.717) is 24.2 Å². The van der Waals surface area contributed by atoms with Crippen LogP contribution in [0.2, 0.25) is 0 Å². The van der Waals surface area contributed by atoms with Gasteiger partial charge in [0.15, 0.2) is 11.4 Å². The standard InChI is InChI=1S/C17H16BrN3O4/c18-12-8-21-14(17(23)20-6-7-24-10-13(20)19-21)16(15(12)22)25-9-11-4-2-1-3-5-11/h1-5,8,13,19H,6-7,9-10H2. The van der Waals surface area contributed by atoms with Crippen LogP contribution in [0.5, 0.6) is 5.75 Å². The van der Waals surface area contributed by atoms with E-state index in [4.69, 9.17) is 9.47 Å². The minimum absolute atomic E-state index is 0.0423. The SMILES string of the molecule is O=C1c2c(OCc3ccccc3)c(=O)c(Br)cn2NC2COCCN12. The highest BCUT2D eigenvalue weighted by atomic mass is 79.9. The fourth-order valence-corrected chi connectivity index (χ4v) is 3.36. The molecule has 2 aliphatic heterocycles. The zero-order chi connectivity index (χ0) is 17.4. The number of nitrogens with one attached hydrogen (secondary N) is 1. The fourth-order valence-electron chi connectivity index (χ4n) is 2.98. The Kier molecular flexibility index (Phi) is 4.22. The Morgan fingerprint density at radius 1 is 1.28 bits per heavy atom. The number of pyridine rings is 1. The number of rotatable bonds is 3. The highest BCUT2D eigenvalue weighted by molar-refractivity contribution is 9.10. The minimum Gasteiger partial charge on any atom is -0.482 e. The molecule has 1 aromatic carbocycles. The van der Waals surface area contributed by atoms with Crippen molar-refractivity contribution in [3.05, 3.63) is 62.5 Å². The van der Waals surface area contributed by atoms with Gasteiger partial charge < -0.3 is 19.8 Å². The Morgan fingerprint density at radius 2 is 2.08 bits per heavy atom. The smallest absolute Gasteiger partial charge is 0.278 e. The Morgan fingerprint density at radius 3 is 2.88 bits per heavy atom. The summed E-state index contributed by atoms with van der Waals surface area (Å²) >= 11 is 3.25. The van der Waals surface area contributed by atoms with Crippen molar-refractivity contribution in [3.63, 3.8) is 0 Å². The lowest BCUT2D eigenvalue weighted by Crippen LogP contribution is -2.59. The van der Waals surface area contributed by atoms with Crippen molar-refractivity contribution in [3.8, 4) is 5.75 Å². The predicted octanol–water partition coefficient (Wildman–Crippen LogP) is 1.55. The molecular formula is C17H16BrN3O4. The van der Waals surface area contributed by atoms with Gasteiger partial charge in [0, 0.05) is 12.7 Å². The molecule has 0 saturated carbocycles. The van der Waals surface area contributed by atoms with Crippen LogP contribution < -0.4 is 15.6 Å². The summed E-state index contributed by atoms with van der Waals surface area (Å²) in [6.07, 6.45) is 1.29. The number of aromatic nitrogens is 1. The number of hydrogen-bond acceptors (Lipinski definition) is 5. The van der Waals surface area contributed by atoms with Gasteiger partial charge in [-0.15, -0.1) is 0 Å². The van der Waals surface area contributed by atoms with E-state index >= 15 is 0 Å². The van der Waals surface area contributed by atoms with Crippen LogP contribution in [-0.2, 0) is 11.3 Å². The summed E-state index contributed by atoms with van der Waals surface area (Å²) in [6.45, 7) is 1.55. The van der Waals surface area contributed by atoms with Crippen LogP contribution in [0.25, 0.3) is 0 Å². The van der Waals surface area contributed by atoms with Gasteiger partial charge in [-0.2, -0.15) is 0 Å². The highest BCUT2D eigenvalue weighted by Gasteiger charge is 2.37. The van der Waals surface area contributed by atoms with E-state index in [0.717, 1.165) is 5.56 Å². The highest BCUT2D eigenvalue weighted by Crippen LogP contribution is 2.25. The maximum Gasteiger partial charge on any atom is 0.278 e. The van der Waals surface area contributed by atoms with E-state index < -0.39 is 0 Å². The average Bonchev–Trinajstić information content (AvgIpc) is 2.63. The molecule has 1 N–H and O–H groups in total. The van der Waals surface area contributed by atoms with Crippen molar-refractivity contribution >= 4 is 21.8 Å². The zero-order valence-electron chi connectivity index (χ0n) is 13.3. The van der Waals surface area contributed by atoms with Gasteiger partial charge in [-0.1, -0.05) is 30.3 Å². The van der Waals surface area contributed by atoms with Crippen LogP contribution in [0.3, 0.4) is 0 Å². The summed E-state index contributed by atoms with van der Waals surface area (Å²) in [5, 5.41) is 0. The number of morpholine rings is 1. The van der Waals surface area contributed by atoms with Gasteiger partial charge in [-0.25, -0.2) is 0 Å². The van der Waals surface area contributed by atoms with E-state index in [1.165, 1.54) is 0 Å². The van der Waals surface area contributed by atoms with E-state index in [-0.39, 0.29) is 35.6 Å². The van der Waals surface area contributed by atoms with E-state index in [9.17, 15) is 9.59 Å². The molecular weight excluding hydrogens is 390 g/mol. The molecule has 0 radical (unpaired) electrons. The van der Waals surface area contributed by atoms with Crippen molar-refractivity contribution in [2.24, 2.45) is 0 Å². The van der Waals surface area contributed by atoms with Gasteiger partial charge in [0.1, 0.15) is 12.8 Å². The van der Waals surface area contributed by atoms with Crippen molar-refractivity contribution in [1.29, 1.82) is 0 Å². The number of nitrogens with zero attached hydrogens (tertiary/aromatic N) is 2. The maximum absolute atomic E-state index is 12.9. The largest absolute Gasteiger partial charge is 0.482 e. The second-order valence-electron chi connectivity index (χ2n) is 5.85. The van der Waals surface area contributed by atoms with Gasteiger partial charge in [-0.3, -0.25) is 14.3 Å². The maximum atomic E-state index is 12.9. The third-order valence-electron chi connectivity index (χ3n) is 4.23. The van der Waals surface area contributed by atoms with Gasteiger partial charge in [0.2, 0.25) is 5.43 Å². The molecule has 1 unspecified atom stereocenters. The molecule has 0 aliphatic carbocycles. The Balaban J connectivity index is 1.73. The Labute approximate surface area is 152 Å². The molecule has 1 fully saturated rings. The first kappa shape index (κ1) is 16.2. The summed E-state index contributed by atoms with van der Waals surface area (Å²) in [4.78, 5) is 27.1. The number of halogens is 1. The monoisotopic (exact) mass is 405 g/mol. The van der Waals surface area contributed by atoms with E-state index in [1.807, 2.05) is 30.3 Å². The molecule has 2 aliphatic rings. The van der Waals surface area contributed by atoms with Gasteiger partial charge >= 0.3 is 0 Å². The quantitative estimate of drug-likeness (QED) is 0.838. The van der Waals surface area contributed by atoms with Crippen LogP contribution >= 0.6 is 15.9 Å². The average molecular weight is 406 g/mol. The summed E-state index contributed by atoms with van der Waals surface area (Å²) in [5.41, 5.74) is 3.97. The lowest BCUT2D eigenvalue weighted by Gasteiger charge is -2.41. The summed E-state index contributed by atoms with van der Waals surface area (Å²) < 4.78 is 13.1. The second kappa shape index (κ2) is 6.53. The molecule has 7 nitrogen and oxygen atoms in total. The van der Waals surface area contributed by atoms with Gasteiger partial charge in [-0.05, 0) is 21.5 Å². The Hall–Kier alpha value is -2.32. The number of ether oxygens (including phenoxy) is 2. The first-order valence-corrected chi connectivity index (χ1v) is 8.71. The summed E-state index contributed by atoms with van der Waals surface area (Å²) in [7, 11) is 0.